The Morgan fingerprint density at radius 1 is 1.22 bits per heavy atom. The van der Waals surface area contributed by atoms with E-state index in [9.17, 15) is 9.59 Å². The predicted octanol–water partition coefficient (Wildman–Crippen LogP) is 1.38. The van der Waals surface area contributed by atoms with Gasteiger partial charge >= 0.3 is 5.97 Å². The lowest BCUT2D eigenvalue weighted by molar-refractivity contribution is -0.123. The van der Waals surface area contributed by atoms with Crippen LogP contribution < -0.4 is 10.1 Å². The Kier molecular flexibility index (Phi) is 5.70. The Bertz CT molecular complexity index is 400. The average Bonchev–Trinajstić information content (AvgIpc) is 2.42. The van der Waals surface area contributed by atoms with Crippen molar-refractivity contribution in [1.82, 2.24) is 5.32 Å². The minimum Gasteiger partial charge on any atom is -0.484 e. The Labute approximate surface area is 106 Å². The van der Waals surface area contributed by atoms with Gasteiger partial charge in [0, 0.05) is 6.54 Å². The number of hydrogen-bond donors (Lipinski definition) is 1. The second-order valence-corrected chi connectivity index (χ2v) is 3.65. The van der Waals surface area contributed by atoms with Gasteiger partial charge in [-0.15, -0.1) is 0 Å². The zero-order chi connectivity index (χ0) is 13.4. The number of amides is 1. The molecule has 0 bridgehead atoms. The summed E-state index contributed by atoms with van der Waals surface area (Å²) in [6, 6.07) is 6.43. The molecule has 0 aliphatic heterocycles. The van der Waals surface area contributed by atoms with Gasteiger partial charge < -0.3 is 14.8 Å². The summed E-state index contributed by atoms with van der Waals surface area (Å²) in [5.41, 5.74) is 0.445. The molecule has 0 unspecified atom stereocenters. The van der Waals surface area contributed by atoms with E-state index in [1.54, 1.807) is 24.3 Å². The fourth-order valence-electron chi connectivity index (χ4n) is 1.27. The molecule has 0 atom stereocenters. The summed E-state index contributed by atoms with van der Waals surface area (Å²) in [7, 11) is 1.32. The molecule has 1 amide bonds. The van der Waals surface area contributed by atoms with Crippen LogP contribution in [0.25, 0.3) is 0 Å². The largest absolute Gasteiger partial charge is 0.484 e. The van der Waals surface area contributed by atoms with E-state index < -0.39 is 5.97 Å². The maximum Gasteiger partial charge on any atom is 0.337 e. The molecule has 0 heterocycles. The second-order valence-electron chi connectivity index (χ2n) is 3.65. The van der Waals surface area contributed by atoms with Gasteiger partial charge in [0.25, 0.3) is 5.91 Å². The number of benzene rings is 1. The summed E-state index contributed by atoms with van der Waals surface area (Å²) in [5.74, 6) is -0.0227. The molecule has 5 heteroatoms. The third kappa shape index (κ3) is 4.45. The van der Waals surface area contributed by atoms with E-state index in [0.29, 0.717) is 17.9 Å². The third-order valence-corrected chi connectivity index (χ3v) is 2.22. The van der Waals surface area contributed by atoms with Gasteiger partial charge in [-0.25, -0.2) is 4.79 Å². The summed E-state index contributed by atoms with van der Waals surface area (Å²) >= 11 is 0. The number of hydrogen-bond acceptors (Lipinski definition) is 4. The maximum atomic E-state index is 11.3. The molecule has 0 spiro atoms. The minimum atomic E-state index is -0.401. The van der Waals surface area contributed by atoms with Crippen LogP contribution in [0.5, 0.6) is 5.75 Å². The van der Waals surface area contributed by atoms with Crippen molar-refractivity contribution in [3.63, 3.8) is 0 Å². The number of methoxy groups -OCH3 is 1. The van der Waals surface area contributed by atoms with Crippen LogP contribution in [0.15, 0.2) is 24.3 Å². The number of carbonyl (C=O) groups excluding carboxylic acids is 2. The molecule has 0 radical (unpaired) electrons. The summed E-state index contributed by atoms with van der Waals surface area (Å²) in [6.45, 7) is 2.59. The van der Waals surface area contributed by atoms with Crippen molar-refractivity contribution in [2.24, 2.45) is 0 Å². The SMILES string of the molecule is CCCNC(=O)COc1ccc(C(=O)OC)cc1. The topological polar surface area (TPSA) is 64.6 Å². The highest BCUT2D eigenvalue weighted by molar-refractivity contribution is 5.89. The Morgan fingerprint density at radius 3 is 2.44 bits per heavy atom. The normalized spacial score (nSPS) is 9.67. The van der Waals surface area contributed by atoms with Crippen LogP contribution in [0, 0.1) is 0 Å². The maximum absolute atomic E-state index is 11.3. The molecule has 5 nitrogen and oxygen atoms in total. The average molecular weight is 251 g/mol. The molecule has 18 heavy (non-hydrogen) atoms. The Hall–Kier alpha value is -2.04. The molecule has 0 fully saturated rings. The van der Waals surface area contributed by atoms with E-state index in [2.05, 4.69) is 10.1 Å². The van der Waals surface area contributed by atoms with Crippen LogP contribution >= 0.6 is 0 Å². The third-order valence-electron chi connectivity index (χ3n) is 2.22. The highest BCUT2D eigenvalue weighted by Crippen LogP contribution is 2.12. The van der Waals surface area contributed by atoms with Crippen molar-refractivity contribution in [1.29, 1.82) is 0 Å². The minimum absolute atomic E-state index is 0.0302. The van der Waals surface area contributed by atoms with Crippen LogP contribution in [0.2, 0.25) is 0 Å². The summed E-state index contributed by atoms with van der Waals surface area (Å²) in [6.07, 6.45) is 0.888. The van der Waals surface area contributed by atoms with Crippen molar-refractivity contribution in [2.45, 2.75) is 13.3 Å². The van der Waals surface area contributed by atoms with Crippen molar-refractivity contribution in [3.8, 4) is 5.75 Å². The summed E-state index contributed by atoms with van der Waals surface area (Å²) in [5, 5.41) is 2.70. The summed E-state index contributed by atoms with van der Waals surface area (Å²) < 4.78 is 9.84. The summed E-state index contributed by atoms with van der Waals surface area (Å²) in [4.78, 5) is 22.5. The van der Waals surface area contributed by atoms with E-state index in [4.69, 9.17) is 4.74 Å². The van der Waals surface area contributed by atoms with Crippen LogP contribution in [-0.4, -0.2) is 32.1 Å². The van der Waals surface area contributed by atoms with Crippen molar-refractivity contribution in [3.05, 3.63) is 29.8 Å². The standard InChI is InChI=1S/C13H17NO4/c1-3-8-14-12(15)9-18-11-6-4-10(5-7-11)13(16)17-2/h4-7H,3,8-9H2,1-2H3,(H,14,15). The van der Waals surface area contributed by atoms with Gasteiger partial charge in [0.15, 0.2) is 6.61 Å². The molecule has 0 saturated carbocycles. The van der Waals surface area contributed by atoms with E-state index >= 15 is 0 Å². The quantitative estimate of drug-likeness (QED) is 0.776. The van der Waals surface area contributed by atoms with Crippen LogP contribution in [-0.2, 0) is 9.53 Å². The highest BCUT2D eigenvalue weighted by atomic mass is 16.5. The van der Waals surface area contributed by atoms with Gasteiger partial charge in [0.1, 0.15) is 5.75 Å². The molecule has 1 N–H and O–H groups in total. The molecule has 1 aromatic rings. The van der Waals surface area contributed by atoms with Crippen LogP contribution in [0.4, 0.5) is 0 Å². The first-order valence-corrected chi connectivity index (χ1v) is 5.75. The molecule has 98 valence electrons. The van der Waals surface area contributed by atoms with Crippen molar-refractivity contribution >= 4 is 11.9 Å². The first kappa shape index (κ1) is 14.0. The lowest BCUT2D eigenvalue weighted by Crippen LogP contribution is -2.29. The molecule has 1 aromatic carbocycles. The van der Waals surface area contributed by atoms with Crippen LogP contribution in [0.3, 0.4) is 0 Å². The fourth-order valence-corrected chi connectivity index (χ4v) is 1.27. The van der Waals surface area contributed by atoms with Crippen LogP contribution in [0.1, 0.15) is 23.7 Å². The lowest BCUT2D eigenvalue weighted by atomic mass is 10.2. The number of nitrogens with one attached hydrogen (secondary N) is 1. The van der Waals surface area contributed by atoms with Crippen molar-refractivity contribution in [2.75, 3.05) is 20.3 Å². The number of ether oxygens (including phenoxy) is 2. The van der Waals surface area contributed by atoms with Crippen molar-refractivity contribution < 1.29 is 19.1 Å². The van der Waals surface area contributed by atoms with Gasteiger partial charge in [0.2, 0.25) is 0 Å². The zero-order valence-electron chi connectivity index (χ0n) is 10.6. The fraction of sp³-hybridized carbons (Fsp3) is 0.385. The highest BCUT2D eigenvalue weighted by Gasteiger charge is 2.05. The van der Waals surface area contributed by atoms with Gasteiger partial charge in [-0.1, -0.05) is 6.92 Å². The van der Waals surface area contributed by atoms with Gasteiger partial charge in [-0.3, -0.25) is 4.79 Å². The molecular weight excluding hydrogens is 234 g/mol. The van der Waals surface area contributed by atoms with E-state index in [-0.39, 0.29) is 12.5 Å². The van der Waals surface area contributed by atoms with Gasteiger partial charge in [-0.05, 0) is 30.7 Å². The first-order valence-electron chi connectivity index (χ1n) is 5.75. The van der Waals surface area contributed by atoms with E-state index in [0.717, 1.165) is 6.42 Å². The Morgan fingerprint density at radius 2 is 1.89 bits per heavy atom. The Balaban J connectivity index is 2.44. The smallest absolute Gasteiger partial charge is 0.337 e. The molecular formula is C13H17NO4. The predicted molar refractivity (Wildman–Crippen MR) is 66.6 cm³/mol. The molecule has 0 saturated heterocycles. The molecule has 0 aliphatic rings. The second kappa shape index (κ2) is 7.32. The lowest BCUT2D eigenvalue weighted by Gasteiger charge is -2.07. The number of esters is 1. The van der Waals surface area contributed by atoms with E-state index in [1.165, 1.54) is 7.11 Å². The monoisotopic (exact) mass is 251 g/mol. The number of rotatable bonds is 6. The zero-order valence-corrected chi connectivity index (χ0v) is 10.6. The molecule has 1 rings (SSSR count). The van der Waals surface area contributed by atoms with Gasteiger partial charge in [-0.2, -0.15) is 0 Å². The molecule has 0 aliphatic carbocycles. The van der Waals surface area contributed by atoms with E-state index in [1.807, 2.05) is 6.92 Å². The van der Waals surface area contributed by atoms with Gasteiger partial charge in [0.05, 0.1) is 12.7 Å². The first-order chi connectivity index (χ1) is 8.67. The number of carbonyl (C=O) groups is 2. The molecule has 0 aromatic heterocycles.